The number of aliphatic hydroxyl groups excluding tert-OH is 1. The van der Waals surface area contributed by atoms with Gasteiger partial charge in [-0.15, -0.1) is 0 Å². The lowest BCUT2D eigenvalue weighted by Crippen LogP contribution is -2.38. The fourth-order valence-electron chi connectivity index (χ4n) is 1.59. The minimum absolute atomic E-state index is 0.0899. The predicted molar refractivity (Wildman–Crippen MR) is 43.9 cm³/mol. The van der Waals surface area contributed by atoms with Crippen LogP contribution in [-0.4, -0.2) is 47.3 Å². The molecule has 4 heteroatoms. The molecule has 0 bridgehead atoms. The minimum atomic E-state index is -0.794. The number of hydrogen-bond acceptors (Lipinski definition) is 3. The summed E-state index contributed by atoms with van der Waals surface area (Å²) in [5.41, 5.74) is 0. The maximum absolute atomic E-state index is 10.3. The third kappa shape index (κ3) is 2.79. The maximum atomic E-state index is 10.3. The Morgan fingerprint density at radius 3 is 2.58 bits per heavy atom. The van der Waals surface area contributed by atoms with Gasteiger partial charge in [-0.2, -0.15) is 0 Å². The van der Waals surface area contributed by atoms with Crippen molar-refractivity contribution in [1.82, 2.24) is 4.90 Å². The Morgan fingerprint density at radius 2 is 2.17 bits per heavy atom. The van der Waals surface area contributed by atoms with E-state index in [-0.39, 0.29) is 12.6 Å². The first-order valence-corrected chi connectivity index (χ1v) is 4.16. The maximum Gasteiger partial charge on any atom is 0.317 e. The standard InChI is InChI=1S/C8H15NO3/c1-9(5-8(11)12)4-6-2-7(10)3-6/h6-7,10H,2-5H2,1H3,(H,11,12). The number of nitrogens with zero attached hydrogens (tertiary/aromatic N) is 1. The molecule has 0 radical (unpaired) electrons. The van der Waals surface area contributed by atoms with E-state index in [0.29, 0.717) is 5.92 Å². The van der Waals surface area contributed by atoms with Gasteiger partial charge < -0.3 is 10.2 Å². The van der Waals surface area contributed by atoms with E-state index in [4.69, 9.17) is 10.2 Å². The molecule has 0 unspecified atom stereocenters. The molecular weight excluding hydrogens is 158 g/mol. The minimum Gasteiger partial charge on any atom is -0.480 e. The zero-order valence-corrected chi connectivity index (χ0v) is 7.23. The van der Waals surface area contributed by atoms with Crippen LogP contribution < -0.4 is 0 Å². The third-order valence-corrected chi connectivity index (χ3v) is 2.19. The molecule has 1 saturated carbocycles. The van der Waals surface area contributed by atoms with Crippen molar-refractivity contribution in [3.63, 3.8) is 0 Å². The highest BCUT2D eigenvalue weighted by molar-refractivity contribution is 5.68. The number of carbonyl (C=O) groups is 1. The van der Waals surface area contributed by atoms with Gasteiger partial charge in [-0.1, -0.05) is 0 Å². The van der Waals surface area contributed by atoms with E-state index in [0.717, 1.165) is 19.4 Å². The van der Waals surface area contributed by atoms with Crippen LogP contribution >= 0.6 is 0 Å². The van der Waals surface area contributed by atoms with Crippen molar-refractivity contribution in [1.29, 1.82) is 0 Å². The molecule has 1 aliphatic carbocycles. The van der Waals surface area contributed by atoms with Gasteiger partial charge in [0.2, 0.25) is 0 Å². The summed E-state index contributed by atoms with van der Waals surface area (Å²) in [6.07, 6.45) is 1.50. The predicted octanol–water partition coefficient (Wildman–Crippen LogP) is -0.226. The summed E-state index contributed by atoms with van der Waals surface area (Å²) in [4.78, 5) is 12.0. The third-order valence-electron chi connectivity index (χ3n) is 2.19. The van der Waals surface area contributed by atoms with Crippen LogP contribution in [0.15, 0.2) is 0 Å². The van der Waals surface area contributed by atoms with Gasteiger partial charge in [0.25, 0.3) is 0 Å². The van der Waals surface area contributed by atoms with E-state index in [9.17, 15) is 4.79 Å². The molecular formula is C8H15NO3. The largest absolute Gasteiger partial charge is 0.480 e. The highest BCUT2D eigenvalue weighted by Crippen LogP contribution is 2.27. The molecule has 0 heterocycles. The highest BCUT2D eigenvalue weighted by Gasteiger charge is 2.28. The lowest BCUT2D eigenvalue weighted by atomic mass is 9.82. The van der Waals surface area contributed by atoms with Gasteiger partial charge in [-0.05, 0) is 25.8 Å². The van der Waals surface area contributed by atoms with Crippen LogP contribution in [0.5, 0.6) is 0 Å². The molecule has 0 amide bonds. The van der Waals surface area contributed by atoms with Gasteiger partial charge in [0.15, 0.2) is 0 Å². The van der Waals surface area contributed by atoms with E-state index in [1.165, 1.54) is 0 Å². The summed E-state index contributed by atoms with van der Waals surface area (Å²) in [6.45, 7) is 0.871. The van der Waals surface area contributed by atoms with Crippen molar-refractivity contribution in [3.8, 4) is 0 Å². The Labute approximate surface area is 71.8 Å². The second-order valence-corrected chi connectivity index (χ2v) is 3.58. The molecule has 0 aromatic heterocycles. The first-order valence-electron chi connectivity index (χ1n) is 4.16. The van der Waals surface area contributed by atoms with Gasteiger partial charge in [-0.3, -0.25) is 9.69 Å². The summed E-state index contributed by atoms with van der Waals surface area (Å²) in [6, 6.07) is 0. The fraction of sp³-hybridized carbons (Fsp3) is 0.875. The van der Waals surface area contributed by atoms with E-state index >= 15 is 0 Å². The van der Waals surface area contributed by atoms with Crippen molar-refractivity contribution in [3.05, 3.63) is 0 Å². The Bertz CT molecular complexity index is 166. The van der Waals surface area contributed by atoms with Crippen LogP contribution in [0.2, 0.25) is 0 Å². The summed E-state index contributed by atoms with van der Waals surface area (Å²) in [5.74, 6) is -0.304. The molecule has 0 spiro atoms. The SMILES string of the molecule is CN(CC(=O)O)CC1CC(O)C1. The molecule has 0 aromatic rings. The average molecular weight is 173 g/mol. The summed E-state index contributed by atoms with van der Waals surface area (Å²) < 4.78 is 0. The van der Waals surface area contributed by atoms with Crippen molar-refractivity contribution < 1.29 is 15.0 Å². The van der Waals surface area contributed by atoms with Gasteiger partial charge in [0.1, 0.15) is 0 Å². The van der Waals surface area contributed by atoms with Gasteiger partial charge in [0.05, 0.1) is 12.6 Å². The summed E-state index contributed by atoms with van der Waals surface area (Å²) in [7, 11) is 1.79. The molecule has 0 atom stereocenters. The Morgan fingerprint density at radius 1 is 1.58 bits per heavy atom. The van der Waals surface area contributed by atoms with Crippen molar-refractivity contribution in [2.45, 2.75) is 18.9 Å². The second-order valence-electron chi connectivity index (χ2n) is 3.58. The highest BCUT2D eigenvalue weighted by atomic mass is 16.4. The van der Waals surface area contributed by atoms with Crippen LogP contribution in [-0.2, 0) is 4.79 Å². The fourth-order valence-corrected chi connectivity index (χ4v) is 1.59. The van der Waals surface area contributed by atoms with Gasteiger partial charge >= 0.3 is 5.97 Å². The number of aliphatic hydroxyl groups is 1. The summed E-state index contributed by atoms with van der Waals surface area (Å²) >= 11 is 0. The molecule has 1 rings (SSSR count). The molecule has 70 valence electrons. The van der Waals surface area contributed by atoms with E-state index < -0.39 is 5.97 Å². The van der Waals surface area contributed by atoms with Crippen molar-refractivity contribution in [2.75, 3.05) is 20.1 Å². The molecule has 0 saturated heterocycles. The van der Waals surface area contributed by atoms with Gasteiger partial charge in [0, 0.05) is 6.54 Å². The number of carboxylic acids is 1. The molecule has 0 aliphatic heterocycles. The Kier molecular flexibility index (Phi) is 3.05. The summed E-state index contributed by atoms with van der Waals surface area (Å²) in [5, 5.41) is 17.4. The lowest BCUT2D eigenvalue weighted by Gasteiger charge is -2.33. The first-order chi connectivity index (χ1) is 5.58. The normalized spacial score (nSPS) is 28.6. The number of aliphatic carboxylic acids is 1. The number of carboxylic acid groups (broad SMARTS) is 1. The molecule has 4 nitrogen and oxygen atoms in total. The zero-order chi connectivity index (χ0) is 9.14. The monoisotopic (exact) mass is 173 g/mol. The molecule has 1 aliphatic rings. The average Bonchev–Trinajstić information content (AvgIpc) is 1.82. The Hall–Kier alpha value is -0.610. The van der Waals surface area contributed by atoms with Crippen LogP contribution in [0.25, 0.3) is 0 Å². The van der Waals surface area contributed by atoms with Crippen LogP contribution in [0.3, 0.4) is 0 Å². The second kappa shape index (κ2) is 3.87. The van der Waals surface area contributed by atoms with Crippen molar-refractivity contribution in [2.24, 2.45) is 5.92 Å². The van der Waals surface area contributed by atoms with Crippen molar-refractivity contribution >= 4 is 5.97 Å². The van der Waals surface area contributed by atoms with E-state index in [1.807, 2.05) is 0 Å². The molecule has 12 heavy (non-hydrogen) atoms. The van der Waals surface area contributed by atoms with Crippen LogP contribution in [0.1, 0.15) is 12.8 Å². The first kappa shape index (κ1) is 9.48. The van der Waals surface area contributed by atoms with E-state index in [1.54, 1.807) is 11.9 Å². The zero-order valence-electron chi connectivity index (χ0n) is 7.23. The van der Waals surface area contributed by atoms with Crippen LogP contribution in [0, 0.1) is 5.92 Å². The molecule has 1 fully saturated rings. The quantitative estimate of drug-likeness (QED) is 0.616. The van der Waals surface area contributed by atoms with Crippen LogP contribution in [0.4, 0.5) is 0 Å². The smallest absolute Gasteiger partial charge is 0.317 e. The van der Waals surface area contributed by atoms with E-state index in [2.05, 4.69) is 0 Å². The number of hydrogen-bond donors (Lipinski definition) is 2. The van der Waals surface area contributed by atoms with Gasteiger partial charge in [-0.25, -0.2) is 0 Å². The lowest BCUT2D eigenvalue weighted by molar-refractivity contribution is -0.138. The topological polar surface area (TPSA) is 60.8 Å². The molecule has 2 N–H and O–H groups in total. The number of likely N-dealkylation sites (N-methyl/N-ethyl adjacent to an activating group) is 1. The number of rotatable bonds is 4. The Balaban J connectivity index is 2.10. The molecule has 0 aromatic carbocycles.